The summed E-state index contributed by atoms with van der Waals surface area (Å²) in [4.78, 5) is 4.06. The Hall–Kier alpha value is -0.343. The molecule has 0 N–H and O–H groups in total. The second-order valence-electron chi connectivity index (χ2n) is 3.61. The van der Waals surface area contributed by atoms with Crippen LogP contribution >= 0.6 is 11.6 Å². The van der Waals surface area contributed by atoms with E-state index in [9.17, 15) is 0 Å². The van der Waals surface area contributed by atoms with E-state index in [1.165, 1.54) is 5.19 Å². The van der Waals surface area contributed by atoms with E-state index in [4.69, 9.17) is 11.6 Å². The van der Waals surface area contributed by atoms with Gasteiger partial charge < -0.3 is 0 Å². The third-order valence-electron chi connectivity index (χ3n) is 1.58. The van der Waals surface area contributed by atoms with Gasteiger partial charge in [0.05, 0.1) is 8.07 Å². The maximum atomic E-state index is 6.00. The lowest BCUT2D eigenvalue weighted by Gasteiger charge is -2.16. The van der Waals surface area contributed by atoms with Crippen LogP contribution in [0.3, 0.4) is 0 Å². The summed E-state index contributed by atoms with van der Waals surface area (Å²) in [5.41, 5.74) is 0. The van der Waals surface area contributed by atoms with Crippen molar-refractivity contribution in [3.63, 3.8) is 0 Å². The van der Waals surface area contributed by atoms with Crippen molar-refractivity contribution in [3.8, 4) is 0 Å². The van der Waals surface area contributed by atoms with Gasteiger partial charge in [0, 0.05) is 17.4 Å². The minimum absolute atomic E-state index is 0.860. The molecular weight excluding hydrogens is 174 g/mol. The molecule has 0 fully saturated rings. The van der Waals surface area contributed by atoms with Gasteiger partial charge in [0.15, 0.2) is 0 Å². The SMILES string of the molecule is C[Si](C)(C)c1cnccc1Cl. The van der Waals surface area contributed by atoms with Crippen molar-refractivity contribution < 1.29 is 0 Å². The van der Waals surface area contributed by atoms with Gasteiger partial charge in [0.25, 0.3) is 0 Å². The first-order valence-corrected chi connectivity index (χ1v) is 7.49. The topological polar surface area (TPSA) is 12.9 Å². The maximum absolute atomic E-state index is 6.00. The van der Waals surface area contributed by atoms with Gasteiger partial charge in [-0.2, -0.15) is 0 Å². The van der Waals surface area contributed by atoms with Crippen LogP contribution in [0.25, 0.3) is 0 Å². The molecule has 0 aliphatic rings. The minimum atomic E-state index is -1.27. The molecule has 0 saturated carbocycles. The number of nitrogens with zero attached hydrogens (tertiary/aromatic N) is 1. The van der Waals surface area contributed by atoms with Gasteiger partial charge >= 0.3 is 0 Å². The highest BCUT2D eigenvalue weighted by Gasteiger charge is 2.18. The normalized spacial score (nSPS) is 11.6. The van der Waals surface area contributed by atoms with Crippen LogP contribution < -0.4 is 5.19 Å². The molecule has 60 valence electrons. The molecule has 0 unspecified atom stereocenters. The van der Waals surface area contributed by atoms with Crippen molar-refractivity contribution in [3.05, 3.63) is 23.5 Å². The number of halogens is 1. The van der Waals surface area contributed by atoms with E-state index >= 15 is 0 Å². The minimum Gasteiger partial charge on any atom is -0.265 e. The summed E-state index contributed by atoms with van der Waals surface area (Å²) in [5, 5.41) is 2.10. The van der Waals surface area contributed by atoms with Gasteiger partial charge in [-0.15, -0.1) is 0 Å². The summed E-state index contributed by atoms with van der Waals surface area (Å²) < 4.78 is 0. The van der Waals surface area contributed by atoms with E-state index in [-0.39, 0.29) is 0 Å². The fourth-order valence-electron chi connectivity index (χ4n) is 0.929. The first kappa shape index (κ1) is 8.75. The smallest absolute Gasteiger partial charge is 0.0815 e. The van der Waals surface area contributed by atoms with Gasteiger partial charge in [0.1, 0.15) is 0 Å². The van der Waals surface area contributed by atoms with Gasteiger partial charge in [-0.1, -0.05) is 31.2 Å². The van der Waals surface area contributed by atoms with Crippen molar-refractivity contribution in [2.24, 2.45) is 0 Å². The monoisotopic (exact) mass is 185 g/mol. The van der Waals surface area contributed by atoms with Crippen molar-refractivity contribution in [1.82, 2.24) is 4.98 Å². The average Bonchev–Trinajstić information content (AvgIpc) is 1.86. The molecule has 0 aliphatic carbocycles. The fraction of sp³-hybridized carbons (Fsp3) is 0.375. The molecule has 0 amide bonds. The van der Waals surface area contributed by atoms with Gasteiger partial charge in [-0.05, 0) is 11.3 Å². The molecule has 1 aromatic rings. The first-order chi connectivity index (χ1) is 5.02. The second kappa shape index (κ2) is 2.95. The number of hydrogen-bond acceptors (Lipinski definition) is 1. The van der Waals surface area contributed by atoms with Crippen LogP contribution in [-0.4, -0.2) is 13.1 Å². The summed E-state index contributed by atoms with van der Waals surface area (Å²) in [7, 11) is -1.27. The van der Waals surface area contributed by atoms with E-state index in [1.807, 2.05) is 12.3 Å². The van der Waals surface area contributed by atoms with E-state index in [0.717, 1.165) is 5.02 Å². The molecule has 0 aliphatic heterocycles. The Bertz CT molecular complexity index is 255. The summed E-state index contributed by atoms with van der Waals surface area (Å²) in [6.07, 6.45) is 3.61. The third-order valence-corrected chi connectivity index (χ3v) is 4.08. The van der Waals surface area contributed by atoms with E-state index in [0.29, 0.717) is 0 Å². The molecular formula is C8H12ClNSi. The number of aromatic nitrogens is 1. The van der Waals surface area contributed by atoms with Crippen LogP contribution in [0.1, 0.15) is 0 Å². The van der Waals surface area contributed by atoms with E-state index in [2.05, 4.69) is 24.6 Å². The van der Waals surface area contributed by atoms with Crippen LogP contribution in [0.15, 0.2) is 18.5 Å². The molecule has 3 heteroatoms. The second-order valence-corrected chi connectivity index (χ2v) is 9.05. The maximum Gasteiger partial charge on any atom is 0.0815 e. The van der Waals surface area contributed by atoms with Gasteiger partial charge in [0.2, 0.25) is 0 Å². The summed E-state index contributed by atoms with van der Waals surface area (Å²) in [5.74, 6) is 0. The van der Waals surface area contributed by atoms with Crippen molar-refractivity contribution in [1.29, 1.82) is 0 Å². The Balaban J connectivity index is 3.14. The largest absolute Gasteiger partial charge is 0.265 e. The molecule has 1 aromatic heterocycles. The molecule has 1 heterocycles. The molecule has 0 radical (unpaired) electrons. The van der Waals surface area contributed by atoms with Crippen LogP contribution in [-0.2, 0) is 0 Å². The van der Waals surface area contributed by atoms with Crippen LogP contribution in [0.5, 0.6) is 0 Å². The summed E-state index contributed by atoms with van der Waals surface area (Å²) in [6, 6.07) is 1.86. The first-order valence-electron chi connectivity index (χ1n) is 3.62. The van der Waals surface area contributed by atoms with Gasteiger partial charge in [-0.3, -0.25) is 4.98 Å². The van der Waals surface area contributed by atoms with E-state index < -0.39 is 8.07 Å². The van der Waals surface area contributed by atoms with Crippen LogP contribution in [0.4, 0.5) is 0 Å². The standard InChI is InChI=1S/C8H12ClNSi/c1-11(2,3)8-6-10-5-4-7(8)9/h4-6H,1-3H3. The lowest BCUT2D eigenvalue weighted by Crippen LogP contribution is -2.38. The quantitative estimate of drug-likeness (QED) is 0.612. The fourth-order valence-corrected chi connectivity index (χ4v) is 3.15. The highest BCUT2D eigenvalue weighted by molar-refractivity contribution is 6.90. The van der Waals surface area contributed by atoms with Crippen LogP contribution in [0, 0.1) is 0 Å². The third kappa shape index (κ3) is 2.04. The van der Waals surface area contributed by atoms with Crippen molar-refractivity contribution in [2.45, 2.75) is 19.6 Å². The van der Waals surface area contributed by atoms with Gasteiger partial charge in [-0.25, -0.2) is 0 Å². The lowest BCUT2D eigenvalue weighted by molar-refractivity contribution is 1.34. The molecule has 0 saturated heterocycles. The highest BCUT2D eigenvalue weighted by Crippen LogP contribution is 2.09. The average molecular weight is 186 g/mol. The Labute approximate surface area is 73.4 Å². The number of pyridine rings is 1. The zero-order valence-corrected chi connectivity index (χ0v) is 8.81. The number of hydrogen-bond donors (Lipinski definition) is 0. The van der Waals surface area contributed by atoms with Crippen LogP contribution in [0.2, 0.25) is 24.7 Å². The number of rotatable bonds is 1. The van der Waals surface area contributed by atoms with Crippen molar-refractivity contribution >= 4 is 24.9 Å². The Morgan fingerprint density at radius 2 is 2.00 bits per heavy atom. The molecule has 0 aromatic carbocycles. The molecule has 0 bridgehead atoms. The predicted molar refractivity (Wildman–Crippen MR) is 52.2 cm³/mol. The highest BCUT2D eigenvalue weighted by atomic mass is 35.5. The lowest BCUT2D eigenvalue weighted by atomic mass is 10.5. The predicted octanol–water partition coefficient (Wildman–Crippen LogP) is 2.28. The molecule has 11 heavy (non-hydrogen) atoms. The molecule has 0 atom stereocenters. The molecule has 1 nitrogen and oxygen atoms in total. The summed E-state index contributed by atoms with van der Waals surface area (Å²) >= 11 is 6.00. The Morgan fingerprint density at radius 3 is 2.36 bits per heavy atom. The Kier molecular flexibility index (Phi) is 2.35. The molecule has 1 rings (SSSR count). The van der Waals surface area contributed by atoms with E-state index in [1.54, 1.807) is 6.20 Å². The zero-order valence-electron chi connectivity index (χ0n) is 7.06. The Morgan fingerprint density at radius 1 is 1.36 bits per heavy atom. The molecule has 0 spiro atoms. The summed E-state index contributed by atoms with van der Waals surface area (Å²) in [6.45, 7) is 6.78. The zero-order chi connectivity index (χ0) is 8.48. The van der Waals surface area contributed by atoms with Crippen molar-refractivity contribution in [2.75, 3.05) is 0 Å².